The van der Waals surface area contributed by atoms with E-state index in [0.29, 0.717) is 35.9 Å². The van der Waals surface area contributed by atoms with Gasteiger partial charge in [-0.25, -0.2) is 15.0 Å². The zero-order valence-corrected chi connectivity index (χ0v) is 18.8. The molecule has 2 rings (SSSR count). The number of amides is 3. The van der Waals surface area contributed by atoms with E-state index in [-0.39, 0.29) is 12.5 Å². The van der Waals surface area contributed by atoms with Gasteiger partial charge in [0.05, 0.1) is 40.6 Å². The highest BCUT2D eigenvalue weighted by atomic mass is 16.5. The summed E-state index contributed by atoms with van der Waals surface area (Å²) in [6.45, 7) is 4.31. The maximum atomic E-state index is 12.1. The van der Waals surface area contributed by atoms with Gasteiger partial charge in [-0.2, -0.15) is 0 Å². The molecule has 2 aromatic rings. The molecule has 12 nitrogen and oxygen atoms in total. The van der Waals surface area contributed by atoms with Crippen LogP contribution in [0.2, 0.25) is 0 Å². The number of benzene rings is 1. The van der Waals surface area contributed by atoms with E-state index < -0.39 is 18.0 Å². The zero-order chi connectivity index (χ0) is 23.7. The van der Waals surface area contributed by atoms with E-state index in [0.717, 1.165) is 5.56 Å². The molecule has 1 aromatic heterocycles. The standard InChI is InChI=1S/C20H30N6O6/c1-12(2)6-15(19(27)24-29)22-20(28)21-9-14-11-26(25-23-14)10-13-7-16(30-3)18(32-5)17(8-13)31-4/h7-8,11-12,15,29H,6,9-10H2,1-5H3,(H,24,27)(H2,21,22,28)/t15-/m0/s1. The second kappa shape index (κ2) is 11.7. The number of ether oxygens (including phenoxy) is 3. The van der Waals surface area contributed by atoms with Crippen LogP contribution in [0, 0.1) is 5.92 Å². The van der Waals surface area contributed by atoms with E-state index in [1.165, 1.54) is 7.11 Å². The summed E-state index contributed by atoms with van der Waals surface area (Å²) >= 11 is 0. The van der Waals surface area contributed by atoms with Crippen LogP contribution in [0.5, 0.6) is 17.2 Å². The van der Waals surface area contributed by atoms with E-state index in [2.05, 4.69) is 20.9 Å². The lowest BCUT2D eigenvalue weighted by Crippen LogP contribution is -2.49. The quantitative estimate of drug-likeness (QED) is 0.293. The molecule has 0 aliphatic carbocycles. The van der Waals surface area contributed by atoms with Crippen LogP contribution in [0.25, 0.3) is 0 Å². The van der Waals surface area contributed by atoms with Crippen molar-refractivity contribution in [2.45, 2.75) is 39.4 Å². The molecule has 0 saturated carbocycles. The molecule has 3 amide bonds. The Bertz CT molecular complexity index is 891. The SMILES string of the molecule is COc1cc(Cn2cc(CNC(=O)N[C@@H](CC(C)C)C(=O)NO)nn2)cc(OC)c1OC. The summed E-state index contributed by atoms with van der Waals surface area (Å²) in [5.74, 6) is 1.03. The summed E-state index contributed by atoms with van der Waals surface area (Å²) in [4.78, 5) is 23.9. The number of rotatable bonds is 11. The maximum Gasteiger partial charge on any atom is 0.315 e. The number of nitrogens with one attached hydrogen (secondary N) is 3. The van der Waals surface area contributed by atoms with Gasteiger partial charge in [0.1, 0.15) is 11.7 Å². The molecule has 4 N–H and O–H groups in total. The van der Waals surface area contributed by atoms with Gasteiger partial charge in [-0.15, -0.1) is 5.10 Å². The molecule has 0 aliphatic heterocycles. The number of aromatic nitrogens is 3. The molecule has 1 heterocycles. The molecule has 176 valence electrons. The molecule has 0 radical (unpaired) electrons. The number of hydrogen-bond donors (Lipinski definition) is 4. The average molecular weight is 450 g/mol. The van der Waals surface area contributed by atoms with Crippen LogP contribution in [0.15, 0.2) is 18.3 Å². The van der Waals surface area contributed by atoms with Crippen LogP contribution in [-0.2, 0) is 17.9 Å². The first-order valence-corrected chi connectivity index (χ1v) is 9.97. The summed E-state index contributed by atoms with van der Waals surface area (Å²) in [5, 5.41) is 22.1. The van der Waals surface area contributed by atoms with Gasteiger partial charge in [-0.1, -0.05) is 19.1 Å². The molecule has 1 aromatic carbocycles. The fraction of sp³-hybridized carbons (Fsp3) is 0.500. The third kappa shape index (κ3) is 6.74. The van der Waals surface area contributed by atoms with Gasteiger partial charge < -0.3 is 24.8 Å². The average Bonchev–Trinajstić information content (AvgIpc) is 3.22. The van der Waals surface area contributed by atoms with E-state index in [1.807, 2.05) is 26.0 Å². The van der Waals surface area contributed by atoms with Gasteiger partial charge in [0.25, 0.3) is 5.91 Å². The highest BCUT2D eigenvalue weighted by Gasteiger charge is 2.21. The second-order valence-electron chi connectivity index (χ2n) is 7.43. The lowest BCUT2D eigenvalue weighted by molar-refractivity contribution is -0.131. The van der Waals surface area contributed by atoms with Crippen molar-refractivity contribution in [3.05, 3.63) is 29.6 Å². The lowest BCUT2D eigenvalue weighted by atomic mass is 10.0. The van der Waals surface area contributed by atoms with E-state index in [4.69, 9.17) is 19.4 Å². The van der Waals surface area contributed by atoms with Crippen molar-refractivity contribution in [1.29, 1.82) is 0 Å². The van der Waals surface area contributed by atoms with Crippen LogP contribution in [0.4, 0.5) is 4.79 Å². The topological polar surface area (TPSA) is 149 Å². The third-order valence-corrected chi connectivity index (χ3v) is 4.52. The highest BCUT2D eigenvalue weighted by molar-refractivity contribution is 5.86. The Kier molecular flexibility index (Phi) is 9.08. The number of carbonyl (C=O) groups is 2. The summed E-state index contributed by atoms with van der Waals surface area (Å²) < 4.78 is 17.6. The number of hydroxylamine groups is 1. The first-order chi connectivity index (χ1) is 15.3. The van der Waals surface area contributed by atoms with Gasteiger partial charge in [-0.05, 0) is 30.0 Å². The normalized spacial score (nSPS) is 11.6. The molecule has 0 spiro atoms. The Morgan fingerprint density at radius 1 is 1.12 bits per heavy atom. The van der Waals surface area contributed by atoms with Gasteiger partial charge >= 0.3 is 6.03 Å². The van der Waals surface area contributed by atoms with Crippen molar-refractivity contribution < 1.29 is 29.0 Å². The molecular weight excluding hydrogens is 420 g/mol. The molecule has 32 heavy (non-hydrogen) atoms. The van der Waals surface area contributed by atoms with Crippen molar-refractivity contribution in [3.8, 4) is 17.2 Å². The number of methoxy groups -OCH3 is 3. The minimum Gasteiger partial charge on any atom is -0.493 e. The van der Waals surface area contributed by atoms with Crippen molar-refractivity contribution in [2.75, 3.05) is 21.3 Å². The van der Waals surface area contributed by atoms with Crippen LogP contribution < -0.4 is 30.3 Å². The molecule has 0 aliphatic rings. The summed E-state index contributed by atoms with van der Waals surface area (Å²) in [7, 11) is 4.62. The summed E-state index contributed by atoms with van der Waals surface area (Å²) in [6.07, 6.45) is 2.07. The Morgan fingerprint density at radius 3 is 2.31 bits per heavy atom. The minimum absolute atomic E-state index is 0.107. The molecule has 0 unspecified atom stereocenters. The first-order valence-electron chi connectivity index (χ1n) is 9.97. The van der Waals surface area contributed by atoms with Crippen LogP contribution >= 0.6 is 0 Å². The fourth-order valence-corrected chi connectivity index (χ4v) is 3.07. The fourth-order valence-electron chi connectivity index (χ4n) is 3.07. The lowest BCUT2D eigenvalue weighted by Gasteiger charge is -2.18. The number of urea groups is 1. The van der Waals surface area contributed by atoms with Crippen molar-refractivity contribution in [1.82, 2.24) is 31.1 Å². The van der Waals surface area contributed by atoms with Gasteiger partial charge in [-0.3, -0.25) is 10.0 Å². The zero-order valence-electron chi connectivity index (χ0n) is 18.8. The molecular formula is C20H30N6O6. The van der Waals surface area contributed by atoms with Crippen molar-refractivity contribution in [2.24, 2.45) is 5.92 Å². The molecule has 0 bridgehead atoms. The van der Waals surface area contributed by atoms with E-state index in [1.54, 1.807) is 30.6 Å². The predicted octanol–water partition coefficient (Wildman–Crippen LogP) is 1.07. The van der Waals surface area contributed by atoms with E-state index in [9.17, 15) is 9.59 Å². The highest BCUT2D eigenvalue weighted by Crippen LogP contribution is 2.38. The van der Waals surface area contributed by atoms with Crippen LogP contribution in [0.1, 0.15) is 31.5 Å². The number of carbonyl (C=O) groups excluding carboxylic acids is 2. The monoisotopic (exact) mass is 450 g/mol. The second-order valence-corrected chi connectivity index (χ2v) is 7.43. The largest absolute Gasteiger partial charge is 0.493 e. The number of hydrogen-bond acceptors (Lipinski definition) is 8. The number of nitrogens with zero attached hydrogens (tertiary/aromatic N) is 3. The van der Waals surface area contributed by atoms with Crippen LogP contribution in [-0.4, -0.2) is 59.5 Å². The summed E-state index contributed by atoms with van der Waals surface area (Å²) in [5.41, 5.74) is 2.95. The third-order valence-electron chi connectivity index (χ3n) is 4.52. The van der Waals surface area contributed by atoms with Crippen molar-refractivity contribution in [3.63, 3.8) is 0 Å². The first kappa shape index (κ1) is 24.7. The smallest absolute Gasteiger partial charge is 0.315 e. The Hall–Kier alpha value is -3.54. The maximum absolute atomic E-state index is 12.1. The van der Waals surface area contributed by atoms with Gasteiger partial charge in [0.15, 0.2) is 11.5 Å². The Balaban J connectivity index is 1.98. The van der Waals surface area contributed by atoms with Crippen molar-refractivity contribution >= 4 is 11.9 Å². The van der Waals surface area contributed by atoms with E-state index >= 15 is 0 Å². The van der Waals surface area contributed by atoms with Gasteiger partial charge in [0, 0.05) is 0 Å². The Morgan fingerprint density at radius 2 is 1.78 bits per heavy atom. The predicted molar refractivity (Wildman–Crippen MR) is 114 cm³/mol. The molecule has 0 fully saturated rings. The Labute approximate surface area is 186 Å². The van der Waals surface area contributed by atoms with Gasteiger partial charge in [0.2, 0.25) is 5.75 Å². The molecule has 12 heteroatoms. The summed E-state index contributed by atoms with van der Waals surface area (Å²) in [6, 6.07) is 2.22. The minimum atomic E-state index is -0.851. The molecule has 0 saturated heterocycles. The van der Waals surface area contributed by atoms with Crippen LogP contribution in [0.3, 0.4) is 0 Å². The molecule has 1 atom stereocenters.